The predicted molar refractivity (Wildman–Crippen MR) is 114 cm³/mol. The van der Waals surface area contributed by atoms with E-state index in [9.17, 15) is 14.9 Å². The minimum atomic E-state index is -0.557. The summed E-state index contributed by atoms with van der Waals surface area (Å²) in [5.41, 5.74) is 1.23. The average molecular weight is 415 g/mol. The molecule has 0 aliphatic carbocycles. The highest BCUT2D eigenvalue weighted by molar-refractivity contribution is 5.72. The molecule has 1 saturated heterocycles. The number of imidazole rings is 1. The quantitative estimate of drug-likeness (QED) is 0.749. The Kier molecular flexibility index (Phi) is 5.54. The van der Waals surface area contributed by atoms with Crippen LogP contribution in [-0.4, -0.2) is 55.9 Å². The van der Waals surface area contributed by atoms with Crippen LogP contribution in [0.25, 0.3) is 5.65 Å². The molecule has 9 nitrogen and oxygen atoms in total. The number of amides is 1. The third-order valence-electron chi connectivity index (χ3n) is 5.40. The SMILES string of the molecule is CC(C#N)c1cn2c(n1)c(N1C[C@@H](C)N(C(=O)OC(C)(C)C)C[C@@H]1C)cc(=O)n2C. The molecule has 1 amide bonds. The molecular weight excluding hydrogens is 384 g/mol. The lowest BCUT2D eigenvalue weighted by Gasteiger charge is -2.45. The number of ether oxygens (including phenoxy) is 1. The number of nitrogens with zero attached hydrogens (tertiary/aromatic N) is 6. The Labute approximate surface area is 176 Å². The number of hydrogen-bond donors (Lipinski definition) is 0. The fraction of sp³-hybridized carbons (Fsp3) is 0.619. The van der Waals surface area contributed by atoms with Crippen LogP contribution < -0.4 is 10.5 Å². The molecule has 2 aromatic heterocycles. The van der Waals surface area contributed by atoms with Gasteiger partial charge in [-0.2, -0.15) is 5.26 Å². The molecule has 0 radical (unpaired) electrons. The molecule has 3 heterocycles. The van der Waals surface area contributed by atoms with Crippen molar-refractivity contribution in [2.75, 3.05) is 18.0 Å². The zero-order chi connectivity index (χ0) is 22.4. The molecule has 0 aromatic carbocycles. The first-order chi connectivity index (χ1) is 13.9. The van der Waals surface area contributed by atoms with Crippen LogP contribution in [0.5, 0.6) is 0 Å². The lowest BCUT2D eigenvalue weighted by atomic mass is 10.1. The second-order valence-electron chi connectivity index (χ2n) is 9.06. The summed E-state index contributed by atoms with van der Waals surface area (Å²) in [4.78, 5) is 33.7. The Morgan fingerprint density at radius 2 is 1.97 bits per heavy atom. The van der Waals surface area contributed by atoms with Crippen molar-refractivity contribution >= 4 is 17.4 Å². The molecule has 9 heteroatoms. The Morgan fingerprint density at radius 1 is 1.30 bits per heavy atom. The van der Waals surface area contributed by atoms with E-state index in [4.69, 9.17) is 4.74 Å². The lowest BCUT2D eigenvalue weighted by Crippen LogP contribution is -2.59. The number of hydrogen-bond acceptors (Lipinski definition) is 6. The Bertz CT molecular complexity index is 1060. The minimum Gasteiger partial charge on any atom is -0.444 e. The van der Waals surface area contributed by atoms with Gasteiger partial charge in [-0.1, -0.05) is 0 Å². The van der Waals surface area contributed by atoms with E-state index in [1.807, 2.05) is 34.6 Å². The summed E-state index contributed by atoms with van der Waals surface area (Å²) in [5.74, 6) is -0.381. The zero-order valence-electron chi connectivity index (χ0n) is 18.7. The van der Waals surface area contributed by atoms with Crippen LogP contribution in [0.1, 0.15) is 53.2 Å². The number of anilines is 1. The van der Waals surface area contributed by atoms with Crippen LogP contribution in [0, 0.1) is 11.3 Å². The number of carbonyl (C=O) groups excluding carboxylic acids is 1. The summed E-state index contributed by atoms with van der Waals surface area (Å²) in [6.07, 6.45) is 1.40. The molecular formula is C21H30N6O3. The molecule has 1 unspecified atom stereocenters. The van der Waals surface area contributed by atoms with E-state index in [2.05, 4.69) is 16.0 Å². The van der Waals surface area contributed by atoms with E-state index >= 15 is 0 Å². The summed E-state index contributed by atoms with van der Waals surface area (Å²) in [6.45, 7) is 12.3. The summed E-state index contributed by atoms with van der Waals surface area (Å²) < 4.78 is 8.72. The second kappa shape index (κ2) is 7.67. The molecule has 162 valence electrons. The van der Waals surface area contributed by atoms with E-state index in [1.165, 1.54) is 4.68 Å². The van der Waals surface area contributed by atoms with Gasteiger partial charge in [0.05, 0.1) is 29.6 Å². The van der Waals surface area contributed by atoms with E-state index < -0.39 is 5.60 Å². The van der Waals surface area contributed by atoms with Crippen molar-refractivity contribution in [1.29, 1.82) is 5.26 Å². The average Bonchev–Trinajstić information content (AvgIpc) is 3.10. The smallest absolute Gasteiger partial charge is 0.410 e. The standard InChI is InChI=1S/C21H30N6O3/c1-13(9-22)16-12-27-19(23-16)17(8-18(28)24(27)7)25-10-15(3)26(11-14(25)2)20(29)30-21(4,5)6/h8,12-15H,10-11H2,1-7H3/t13?,14-,15+/m0/s1. The van der Waals surface area contributed by atoms with Gasteiger partial charge in [0, 0.05) is 38.3 Å². The van der Waals surface area contributed by atoms with Crippen LogP contribution >= 0.6 is 0 Å². The van der Waals surface area contributed by atoms with Crippen molar-refractivity contribution in [3.05, 3.63) is 28.3 Å². The molecule has 1 aliphatic heterocycles. The maximum Gasteiger partial charge on any atom is 0.410 e. The number of fused-ring (bicyclic) bond motifs is 1. The first kappa shape index (κ1) is 21.7. The van der Waals surface area contributed by atoms with Crippen molar-refractivity contribution in [3.63, 3.8) is 0 Å². The molecule has 0 spiro atoms. The third-order valence-corrected chi connectivity index (χ3v) is 5.40. The van der Waals surface area contributed by atoms with Gasteiger partial charge in [-0.3, -0.25) is 4.79 Å². The zero-order valence-corrected chi connectivity index (χ0v) is 18.7. The van der Waals surface area contributed by atoms with Crippen LogP contribution in [0.3, 0.4) is 0 Å². The third kappa shape index (κ3) is 3.99. The minimum absolute atomic E-state index is 0.0434. The number of aromatic nitrogens is 3. The van der Waals surface area contributed by atoms with E-state index in [0.29, 0.717) is 30.1 Å². The summed E-state index contributed by atoms with van der Waals surface area (Å²) in [7, 11) is 1.67. The molecule has 1 aliphatic rings. The second-order valence-corrected chi connectivity index (χ2v) is 9.06. The number of nitriles is 1. The number of aryl methyl sites for hydroxylation is 1. The van der Waals surface area contributed by atoms with Gasteiger partial charge in [-0.25, -0.2) is 19.0 Å². The Hall–Kier alpha value is -3.02. The number of piperazine rings is 1. The maximum atomic E-state index is 12.6. The van der Waals surface area contributed by atoms with Gasteiger partial charge in [0.2, 0.25) is 0 Å². The highest BCUT2D eigenvalue weighted by atomic mass is 16.6. The van der Waals surface area contributed by atoms with E-state index in [-0.39, 0.29) is 29.7 Å². The van der Waals surface area contributed by atoms with Gasteiger partial charge in [-0.15, -0.1) is 0 Å². The summed E-state index contributed by atoms with van der Waals surface area (Å²) in [6, 6.07) is 3.62. The van der Waals surface area contributed by atoms with Gasteiger partial charge >= 0.3 is 6.09 Å². The Balaban J connectivity index is 1.98. The van der Waals surface area contributed by atoms with Crippen LogP contribution in [0.15, 0.2) is 17.1 Å². The highest BCUT2D eigenvalue weighted by Gasteiger charge is 2.35. The molecule has 0 saturated carbocycles. The summed E-state index contributed by atoms with van der Waals surface area (Å²) >= 11 is 0. The highest BCUT2D eigenvalue weighted by Crippen LogP contribution is 2.28. The van der Waals surface area contributed by atoms with E-state index in [0.717, 1.165) is 0 Å². The van der Waals surface area contributed by atoms with Gasteiger partial charge in [0.1, 0.15) is 5.60 Å². The molecule has 30 heavy (non-hydrogen) atoms. The van der Waals surface area contributed by atoms with Crippen LogP contribution in [0.2, 0.25) is 0 Å². The molecule has 3 atom stereocenters. The summed E-state index contributed by atoms with van der Waals surface area (Å²) in [5, 5.41) is 9.27. The predicted octanol–water partition coefficient (Wildman–Crippen LogP) is 2.49. The van der Waals surface area contributed by atoms with Crippen molar-refractivity contribution in [2.24, 2.45) is 7.05 Å². The van der Waals surface area contributed by atoms with Crippen molar-refractivity contribution in [3.8, 4) is 6.07 Å². The van der Waals surface area contributed by atoms with Crippen molar-refractivity contribution in [2.45, 2.75) is 65.1 Å². The first-order valence-electron chi connectivity index (χ1n) is 10.2. The molecule has 1 fully saturated rings. The largest absolute Gasteiger partial charge is 0.444 e. The monoisotopic (exact) mass is 414 g/mol. The number of rotatable bonds is 2. The van der Waals surface area contributed by atoms with Gasteiger partial charge in [0.15, 0.2) is 5.65 Å². The fourth-order valence-corrected chi connectivity index (χ4v) is 3.70. The van der Waals surface area contributed by atoms with Crippen molar-refractivity contribution in [1.82, 2.24) is 19.1 Å². The molecule has 0 bridgehead atoms. The van der Waals surface area contributed by atoms with Gasteiger partial charge < -0.3 is 14.5 Å². The van der Waals surface area contributed by atoms with Crippen LogP contribution in [-0.2, 0) is 11.8 Å². The van der Waals surface area contributed by atoms with Gasteiger partial charge in [-0.05, 0) is 41.5 Å². The van der Waals surface area contributed by atoms with Crippen LogP contribution in [0.4, 0.5) is 10.5 Å². The fourth-order valence-electron chi connectivity index (χ4n) is 3.70. The van der Waals surface area contributed by atoms with E-state index in [1.54, 1.807) is 35.6 Å². The maximum absolute atomic E-state index is 12.6. The normalized spacial score (nSPS) is 20.9. The molecule has 0 N–H and O–H groups in total. The molecule has 2 aromatic rings. The lowest BCUT2D eigenvalue weighted by molar-refractivity contribution is 0.0130. The molecule has 3 rings (SSSR count). The van der Waals surface area contributed by atoms with Crippen molar-refractivity contribution < 1.29 is 9.53 Å². The first-order valence-corrected chi connectivity index (χ1v) is 10.2. The number of carbonyl (C=O) groups is 1. The van der Waals surface area contributed by atoms with Gasteiger partial charge in [0.25, 0.3) is 5.56 Å². The Morgan fingerprint density at radius 3 is 2.57 bits per heavy atom. The topological polar surface area (TPSA) is 95.9 Å².